The van der Waals surface area contributed by atoms with Crippen LogP contribution in [0.25, 0.3) is 0 Å². The summed E-state index contributed by atoms with van der Waals surface area (Å²) in [5, 5.41) is 15.1. The van der Waals surface area contributed by atoms with Gasteiger partial charge in [-0.3, -0.25) is 14.9 Å². The topological polar surface area (TPSA) is 117 Å². The minimum absolute atomic E-state index is 0.139. The van der Waals surface area contributed by atoms with Crippen molar-refractivity contribution in [3.8, 4) is 0 Å². The van der Waals surface area contributed by atoms with Gasteiger partial charge in [-0.2, -0.15) is 0 Å². The molecule has 0 heterocycles. The molecule has 0 saturated heterocycles. The number of oxime groups is 1. The molecule has 1 aromatic carbocycles. The van der Waals surface area contributed by atoms with Crippen LogP contribution in [0, 0.1) is 16.0 Å². The Balaban J connectivity index is 2.97. The van der Waals surface area contributed by atoms with Crippen LogP contribution in [0.3, 0.4) is 0 Å². The summed E-state index contributed by atoms with van der Waals surface area (Å²) in [6.45, 7) is 9.13. The van der Waals surface area contributed by atoms with Gasteiger partial charge < -0.3 is 13.9 Å². The molecular formula is C22H31N2O7PS. The minimum atomic E-state index is -1.69. The van der Waals surface area contributed by atoms with E-state index in [0.29, 0.717) is 30.8 Å². The first-order valence-electron chi connectivity index (χ1n) is 10.7. The van der Waals surface area contributed by atoms with E-state index in [0.717, 1.165) is 11.8 Å². The number of rotatable bonds is 14. The Morgan fingerprint density at radius 1 is 1.15 bits per heavy atom. The molecule has 0 radical (unpaired) electrons. The third-order valence-corrected chi connectivity index (χ3v) is 7.10. The highest BCUT2D eigenvalue weighted by Gasteiger charge is 2.25. The molecule has 1 aromatic rings. The molecule has 0 aliphatic heterocycles. The Bertz CT molecular complexity index is 842. The molecule has 0 spiro atoms. The first kappa shape index (κ1) is 28.9. The lowest BCUT2D eigenvalue weighted by Crippen LogP contribution is -2.19. The van der Waals surface area contributed by atoms with Gasteiger partial charge in [0, 0.05) is 28.7 Å². The van der Waals surface area contributed by atoms with E-state index < -0.39 is 31.2 Å². The van der Waals surface area contributed by atoms with Gasteiger partial charge in [-0.25, -0.2) is 4.79 Å². The second-order valence-corrected chi connectivity index (χ2v) is 9.33. The molecule has 0 aliphatic carbocycles. The zero-order valence-electron chi connectivity index (χ0n) is 19.6. The lowest BCUT2D eigenvalue weighted by atomic mass is 10.1. The highest BCUT2D eigenvalue weighted by atomic mass is 32.2. The molecule has 0 amide bonds. The average molecular weight is 499 g/mol. The summed E-state index contributed by atoms with van der Waals surface area (Å²) in [5.41, 5.74) is 1.24. The molecule has 0 bridgehead atoms. The molecule has 9 nitrogen and oxygen atoms in total. The monoisotopic (exact) mass is 498 g/mol. The summed E-state index contributed by atoms with van der Waals surface area (Å²) in [6, 6.07) is 7.85. The van der Waals surface area contributed by atoms with Crippen LogP contribution >= 0.6 is 20.1 Å². The number of hydrogen-bond acceptors (Lipinski definition) is 9. The number of allylic oxidation sites excluding steroid dienone is 1. The van der Waals surface area contributed by atoms with Gasteiger partial charge in [-0.15, -0.1) is 0 Å². The fourth-order valence-corrected chi connectivity index (χ4v) is 4.47. The van der Waals surface area contributed by atoms with Crippen molar-refractivity contribution >= 4 is 36.7 Å². The van der Waals surface area contributed by atoms with Crippen molar-refractivity contribution in [2.75, 3.05) is 19.0 Å². The van der Waals surface area contributed by atoms with Crippen LogP contribution in [0.15, 0.2) is 47.1 Å². The zero-order chi connectivity index (χ0) is 24.8. The van der Waals surface area contributed by atoms with Gasteiger partial charge in [0.2, 0.25) is 19.5 Å². The Morgan fingerprint density at radius 3 is 2.27 bits per heavy atom. The minimum Gasteiger partial charge on any atom is -0.330 e. The maximum Gasteiger partial charge on any atom is 0.338 e. The Morgan fingerprint density at radius 2 is 1.76 bits per heavy atom. The molecular weight excluding hydrogens is 467 g/mol. The van der Waals surface area contributed by atoms with Crippen LogP contribution in [0.5, 0.6) is 0 Å². The lowest BCUT2D eigenvalue weighted by molar-refractivity contribution is -0.507. The van der Waals surface area contributed by atoms with Gasteiger partial charge in [-0.1, -0.05) is 61.1 Å². The molecule has 0 aliphatic rings. The predicted molar refractivity (Wildman–Crippen MR) is 131 cm³/mol. The Hall–Kier alpha value is -2.13. The molecule has 0 aromatic heterocycles. The predicted octanol–water partition coefficient (Wildman–Crippen LogP) is 5.44. The molecule has 0 N–H and O–H groups in total. The number of hydrogen-bond donors (Lipinski definition) is 0. The molecule has 182 valence electrons. The Labute approximate surface area is 200 Å². The quantitative estimate of drug-likeness (QED) is 0.109. The lowest BCUT2D eigenvalue weighted by Gasteiger charge is -2.17. The van der Waals surface area contributed by atoms with Gasteiger partial charge in [0.25, 0.3) is 0 Å². The van der Waals surface area contributed by atoms with Crippen LogP contribution < -0.4 is 0 Å². The van der Waals surface area contributed by atoms with Gasteiger partial charge in [0.1, 0.15) is 0 Å². The van der Waals surface area contributed by atoms with Crippen molar-refractivity contribution in [3.05, 3.63) is 57.7 Å². The number of nitro groups is 1. The van der Waals surface area contributed by atoms with E-state index in [1.54, 1.807) is 52.0 Å². The molecule has 1 rings (SSSR count). The summed E-state index contributed by atoms with van der Waals surface area (Å²) in [5.74, 6) is -1.01. The van der Waals surface area contributed by atoms with Crippen LogP contribution in [0.4, 0.5) is 0 Å². The van der Waals surface area contributed by atoms with E-state index >= 15 is 0 Å². The molecule has 33 heavy (non-hydrogen) atoms. The number of thioether (sulfide) groups is 1. The van der Waals surface area contributed by atoms with E-state index in [2.05, 4.69) is 5.16 Å². The number of carbonyl (C=O) groups excluding carboxylic acids is 2. The summed E-state index contributed by atoms with van der Waals surface area (Å²) < 4.78 is 11.2. The normalized spacial score (nSPS) is 14.1. The maximum absolute atomic E-state index is 12.5. The fourth-order valence-electron chi connectivity index (χ4n) is 2.44. The average Bonchev–Trinajstić information content (AvgIpc) is 2.82. The van der Waals surface area contributed by atoms with Gasteiger partial charge in [0.15, 0.2) is 5.45 Å². The van der Waals surface area contributed by atoms with Gasteiger partial charge >= 0.3 is 5.97 Å². The van der Waals surface area contributed by atoms with Crippen LogP contribution in [0.1, 0.15) is 51.4 Å². The van der Waals surface area contributed by atoms with E-state index in [9.17, 15) is 19.7 Å². The number of benzene rings is 1. The van der Waals surface area contributed by atoms with Crippen LogP contribution in [0.2, 0.25) is 0 Å². The standard InChI is InChI=1S/C22H31N2O7PS/c1-6-18(17(5)24(27)28)14-20(32(29-7-2)30-8-3)23-31-21(25)16(4)15-33-22(26)19-12-10-9-11-13-19/h9-14,16-17H,6-8,15H2,1-5H3/b18-14+,23-20-. The third kappa shape index (κ3) is 10.1. The third-order valence-electron chi connectivity index (χ3n) is 4.36. The number of carbonyl (C=O) groups is 2. The second-order valence-electron chi connectivity index (χ2n) is 6.85. The molecule has 11 heteroatoms. The van der Waals surface area contributed by atoms with Gasteiger partial charge in [-0.05, 0) is 26.3 Å². The summed E-state index contributed by atoms with van der Waals surface area (Å²) >= 11 is 1.02. The largest absolute Gasteiger partial charge is 0.338 e. The van der Waals surface area contributed by atoms with Gasteiger partial charge in [0.05, 0.1) is 19.1 Å². The van der Waals surface area contributed by atoms with Crippen molar-refractivity contribution in [2.45, 2.75) is 47.1 Å². The van der Waals surface area contributed by atoms with Crippen molar-refractivity contribution in [1.82, 2.24) is 0 Å². The molecule has 0 fully saturated rings. The first-order valence-corrected chi connectivity index (χ1v) is 12.8. The van der Waals surface area contributed by atoms with E-state index in [-0.39, 0.29) is 16.3 Å². The van der Waals surface area contributed by atoms with Crippen LogP contribution in [-0.4, -0.2) is 46.5 Å². The van der Waals surface area contributed by atoms with E-state index in [4.69, 9.17) is 13.9 Å². The Kier molecular flexibility index (Phi) is 13.7. The highest BCUT2D eigenvalue weighted by molar-refractivity contribution is 8.14. The summed E-state index contributed by atoms with van der Waals surface area (Å²) in [7, 11) is -1.69. The fraction of sp³-hybridized carbons (Fsp3) is 0.500. The summed E-state index contributed by atoms with van der Waals surface area (Å²) in [6.07, 6.45) is 1.92. The molecule has 2 atom stereocenters. The SMILES string of the molecule is CCOP(OCC)C(/C=C(\CC)C(C)[N+](=O)[O-])=N\OC(=O)C(C)CSC(=O)c1ccccc1. The van der Waals surface area contributed by atoms with Crippen LogP contribution in [-0.2, 0) is 18.7 Å². The molecule has 0 saturated carbocycles. The van der Waals surface area contributed by atoms with Crippen molar-refractivity contribution in [1.29, 1.82) is 0 Å². The molecule has 2 unspecified atom stereocenters. The summed E-state index contributed by atoms with van der Waals surface area (Å²) in [4.78, 5) is 40.7. The highest BCUT2D eigenvalue weighted by Crippen LogP contribution is 2.41. The van der Waals surface area contributed by atoms with E-state index in [1.807, 2.05) is 6.07 Å². The van der Waals surface area contributed by atoms with Crippen molar-refractivity contribution in [2.24, 2.45) is 11.1 Å². The number of nitrogens with zero attached hydrogens (tertiary/aromatic N) is 2. The van der Waals surface area contributed by atoms with E-state index in [1.165, 1.54) is 13.0 Å². The zero-order valence-corrected chi connectivity index (χ0v) is 21.3. The first-order chi connectivity index (χ1) is 15.7. The van der Waals surface area contributed by atoms with Crippen molar-refractivity contribution in [3.63, 3.8) is 0 Å². The maximum atomic E-state index is 12.5. The smallest absolute Gasteiger partial charge is 0.330 e. The second kappa shape index (κ2) is 15.7. The van der Waals surface area contributed by atoms with Crippen molar-refractivity contribution < 1.29 is 28.4 Å².